The maximum atomic E-state index is 5.85. The van der Waals surface area contributed by atoms with Crippen LogP contribution in [0.3, 0.4) is 0 Å². The molecule has 0 fully saturated rings. The monoisotopic (exact) mass is 324 g/mol. The van der Waals surface area contributed by atoms with Gasteiger partial charge in [-0.05, 0) is 46.6 Å². The average molecular weight is 325 g/mol. The Balaban J connectivity index is 2.06. The summed E-state index contributed by atoms with van der Waals surface area (Å²) in [4.78, 5) is 3.59. The summed E-state index contributed by atoms with van der Waals surface area (Å²) >= 11 is 5.25. The van der Waals surface area contributed by atoms with Crippen molar-refractivity contribution in [2.45, 2.75) is 19.5 Å². The van der Waals surface area contributed by atoms with E-state index in [0.717, 1.165) is 11.0 Å². The highest BCUT2D eigenvalue weighted by Crippen LogP contribution is 2.24. The average Bonchev–Trinajstić information content (AvgIpc) is 2.75. The smallest absolute Gasteiger partial charge is 0.0519 e. The van der Waals surface area contributed by atoms with E-state index in [0.29, 0.717) is 0 Å². The summed E-state index contributed by atoms with van der Waals surface area (Å²) in [5, 5.41) is 2.11. The lowest BCUT2D eigenvalue weighted by atomic mass is 10.1. The van der Waals surface area contributed by atoms with Crippen LogP contribution in [0.25, 0.3) is 0 Å². The van der Waals surface area contributed by atoms with Crippen molar-refractivity contribution in [1.82, 2.24) is 0 Å². The normalized spacial score (nSPS) is 12.4. The van der Waals surface area contributed by atoms with E-state index in [1.165, 1.54) is 16.1 Å². The second kappa shape index (κ2) is 5.87. The Bertz CT molecular complexity index is 505. The lowest BCUT2D eigenvalue weighted by Gasteiger charge is -2.19. The van der Waals surface area contributed by atoms with Gasteiger partial charge in [-0.2, -0.15) is 0 Å². The van der Waals surface area contributed by atoms with Gasteiger partial charge >= 0.3 is 0 Å². The van der Waals surface area contributed by atoms with Crippen LogP contribution in [0.1, 0.15) is 23.4 Å². The summed E-state index contributed by atoms with van der Waals surface area (Å²) in [6.45, 7) is 2.93. The molecule has 2 N–H and O–H groups in total. The quantitative estimate of drug-likeness (QED) is 0.914. The van der Waals surface area contributed by atoms with Gasteiger partial charge in [0.05, 0.1) is 6.54 Å². The predicted octanol–water partition coefficient (Wildman–Crippen LogP) is 4.17. The van der Waals surface area contributed by atoms with Gasteiger partial charge in [0.15, 0.2) is 0 Å². The summed E-state index contributed by atoms with van der Waals surface area (Å²) in [5.74, 6) is 0. The number of anilines is 1. The van der Waals surface area contributed by atoms with E-state index in [2.05, 4.69) is 63.6 Å². The number of nitrogens with zero attached hydrogens (tertiary/aromatic N) is 1. The number of benzene rings is 1. The van der Waals surface area contributed by atoms with E-state index in [9.17, 15) is 0 Å². The molecule has 1 heterocycles. The van der Waals surface area contributed by atoms with Gasteiger partial charge in [0.2, 0.25) is 0 Å². The highest BCUT2D eigenvalue weighted by molar-refractivity contribution is 9.10. The van der Waals surface area contributed by atoms with Crippen LogP contribution in [-0.2, 0) is 6.54 Å². The van der Waals surface area contributed by atoms with Gasteiger partial charge in [-0.15, -0.1) is 11.3 Å². The van der Waals surface area contributed by atoms with Crippen LogP contribution in [0.5, 0.6) is 0 Å². The minimum absolute atomic E-state index is 0.0950. The summed E-state index contributed by atoms with van der Waals surface area (Å²) in [7, 11) is 2.11. The van der Waals surface area contributed by atoms with Gasteiger partial charge in [0.25, 0.3) is 0 Å². The molecule has 0 saturated carbocycles. The molecule has 0 radical (unpaired) electrons. The minimum atomic E-state index is 0.0950. The van der Waals surface area contributed by atoms with Gasteiger partial charge in [0.1, 0.15) is 0 Å². The summed E-state index contributed by atoms with van der Waals surface area (Å²) in [6.07, 6.45) is 0. The van der Waals surface area contributed by atoms with Crippen molar-refractivity contribution in [3.63, 3.8) is 0 Å². The fourth-order valence-electron chi connectivity index (χ4n) is 1.79. The summed E-state index contributed by atoms with van der Waals surface area (Å²) < 4.78 is 1.16. The Morgan fingerprint density at radius 2 is 2.00 bits per heavy atom. The first-order valence-corrected chi connectivity index (χ1v) is 7.53. The van der Waals surface area contributed by atoms with Crippen LogP contribution in [0.2, 0.25) is 0 Å². The van der Waals surface area contributed by atoms with Gasteiger partial charge in [-0.3, -0.25) is 0 Å². The van der Waals surface area contributed by atoms with Crippen LogP contribution in [0.15, 0.2) is 40.2 Å². The maximum Gasteiger partial charge on any atom is 0.0519 e. The highest BCUT2D eigenvalue weighted by Gasteiger charge is 2.05. The third-order valence-corrected chi connectivity index (χ3v) is 4.56. The van der Waals surface area contributed by atoms with Gasteiger partial charge in [0, 0.05) is 33.5 Å². The molecule has 2 rings (SSSR count). The molecule has 0 saturated heterocycles. The van der Waals surface area contributed by atoms with E-state index >= 15 is 0 Å². The summed E-state index contributed by atoms with van der Waals surface area (Å²) in [6, 6.07) is 10.7. The third kappa shape index (κ3) is 3.34. The maximum absolute atomic E-state index is 5.85. The van der Waals surface area contributed by atoms with E-state index in [-0.39, 0.29) is 6.04 Å². The molecule has 0 aliphatic carbocycles. The van der Waals surface area contributed by atoms with Crippen molar-refractivity contribution in [1.29, 1.82) is 0 Å². The Labute approximate surface area is 121 Å². The number of halogens is 1. The van der Waals surface area contributed by atoms with E-state index in [4.69, 9.17) is 5.73 Å². The number of hydrogen-bond donors (Lipinski definition) is 1. The van der Waals surface area contributed by atoms with E-state index in [1.54, 1.807) is 11.3 Å². The first-order chi connectivity index (χ1) is 8.56. The molecule has 0 spiro atoms. The SMILES string of the molecule is CC(N)c1ccc(N(C)Cc2cc(Br)cs2)cc1. The molecule has 1 atom stereocenters. The lowest BCUT2D eigenvalue weighted by molar-refractivity contribution is 0.817. The Morgan fingerprint density at radius 3 is 2.50 bits per heavy atom. The fourth-order valence-corrected chi connectivity index (χ4v) is 3.30. The molecule has 96 valence electrons. The van der Waals surface area contributed by atoms with Crippen LogP contribution < -0.4 is 10.6 Å². The van der Waals surface area contributed by atoms with Crippen molar-refractivity contribution in [2.75, 3.05) is 11.9 Å². The number of thiophene rings is 1. The molecule has 1 aromatic heterocycles. The van der Waals surface area contributed by atoms with Crippen molar-refractivity contribution >= 4 is 33.0 Å². The molecule has 2 nitrogen and oxygen atoms in total. The minimum Gasteiger partial charge on any atom is -0.369 e. The number of nitrogens with two attached hydrogens (primary N) is 1. The Kier molecular flexibility index (Phi) is 4.43. The Morgan fingerprint density at radius 1 is 1.33 bits per heavy atom. The molecule has 1 aromatic carbocycles. The second-order valence-corrected chi connectivity index (χ2v) is 6.38. The molecular formula is C14H17BrN2S. The molecular weight excluding hydrogens is 308 g/mol. The van der Waals surface area contributed by atoms with Crippen LogP contribution in [0, 0.1) is 0 Å². The molecule has 4 heteroatoms. The van der Waals surface area contributed by atoms with Crippen LogP contribution in [-0.4, -0.2) is 7.05 Å². The molecule has 18 heavy (non-hydrogen) atoms. The topological polar surface area (TPSA) is 29.3 Å². The molecule has 1 unspecified atom stereocenters. The van der Waals surface area contributed by atoms with Crippen molar-refractivity contribution in [2.24, 2.45) is 5.73 Å². The zero-order valence-corrected chi connectivity index (χ0v) is 13.0. The van der Waals surface area contributed by atoms with E-state index in [1.807, 2.05) is 6.92 Å². The van der Waals surface area contributed by atoms with Gasteiger partial charge in [-0.1, -0.05) is 12.1 Å². The first-order valence-electron chi connectivity index (χ1n) is 5.86. The van der Waals surface area contributed by atoms with E-state index < -0.39 is 0 Å². The molecule has 0 bridgehead atoms. The molecule has 2 aromatic rings. The zero-order chi connectivity index (χ0) is 13.1. The highest BCUT2D eigenvalue weighted by atomic mass is 79.9. The fraction of sp³-hybridized carbons (Fsp3) is 0.286. The standard InChI is InChI=1S/C14H17BrN2S/c1-10(16)11-3-5-13(6-4-11)17(2)8-14-7-12(15)9-18-14/h3-7,9-10H,8,16H2,1-2H3. The largest absolute Gasteiger partial charge is 0.369 e. The molecule has 0 aliphatic rings. The van der Waals surface area contributed by atoms with Gasteiger partial charge < -0.3 is 10.6 Å². The van der Waals surface area contributed by atoms with Crippen LogP contribution >= 0.6 is 27.3 Å². The predicted molar refractivity (Wildman–Crippen MR) is 83.2 cm³/mol. The lowest BCUT2D eigenvalue weighted by Crippen LogP contribution is -2.15. The number of rotatable bonds is 4. The molecule has 0 amide bonds. The number of hydrogen-bond acceptors (Lipinski definition) is 3. The van der Waals surface area contributed by atoms with Crippen molar-refractivity contribution in [3.8, 4) is 0 Å². The zero-order valence-electron chi connectivity index (χ0n) is 10.6. The molecule has 0 aliphatic heterocycles. The first kappa shape index (κ1) is 13.6. The van der Waals surface area contributed by atoms with Crippen LogP contribution in [0.4, 0.5) is 5.69 Å². The van der Waals surface area contributed by atoms with Crippen molar-refractivity contribution in [3.05, 3.63) is 50.6 Å². The van der Waals surface area contributed by atoms with Gasteiger partial charge in [-0.25, -0.2) is 0 Å². The Hall–Kier alpha value is -0.840. The second-order valence-electron chi connectivity index (χ2n) is 4.47. The van der Waals surface area contributed by atoms with Crippen molar-refractivity contribution < 1.29 is 0 Å². The third-order valence-electron chi connectivity index (χ3n) is 2.87. The summed E-state index contributed by atoms with van der Waals surface area (Å²) in [5.41, 5.74) is 8.23.